The van der Waals surface area contributed by atoms with Gasteiger partial charge in [0.15, 0.2) is 0 Å². The van der Waals surface area contributed by atoms with Crippen LogP contribution in [0.15, 0.2) is 40.9 Å². The van der Waals surface area contributed by atoms with Crippen molar-refractivity contribution in [1.29, 1.82) is 0 Å². The lowest BCUT2D eigenvalue weighted by Gasteiger charge is -2.05. The minimum Gasteiger partial charge on any atom is -0.507 e. The summed E-state index contributed by atoms with van der Waals surface area (Å²) >= 11 is 3.37. The van der Waals surface area contributed by atoms with Gasteiger partial charge in [0.05, 0.1) is 16.6 Å². The number of aromatic hydroxyl groups is 1. The van der Waals surface area contributed by atoms with Crippen LogP contribution in [0.2, 0.25) is 0 Å². The van der Waals surface area contributed by atoms with Gasteiger partial charge in [-0.25, -0.2) is 9.37 Å². The third kappa shape index (κ3) is 2.00. The molecule has 2 aromatic carbocycles. The van der Waals surface area contributed by atoms with Crippen molar-refractivity contribution < 1.29 is 9.50 Å². The lowest BCUT2D eigenvalue weighted by Crippen LogP contribution is -1.93. The molecule has 0 fully saturated rings. The van der Waals surface area contributed by atoms with Gasteiger partial charge >= 0.3 is 0 Å². The Labute approximate surface area is 117 Å². The summed E-state index contributed by atoms with van der Waals surface area (Å²) in [6.07, 6.45) is 0. The third-order valence-electron chi connectivity index (χ3n) is 3.04. The van der Waals surface area contributed by atoms with Gasteiger partial charge in [0.1, 0.15) is 17.4 Å². The molecular formula is C14H10BrFN2O. The van der Waals surface area contributed by atoms with Gasteiger partial charge in [-0.1, -0.05) is 15.9 Å². The van der Waals surface area contributed by atoms with Gasteiger partial charge in [-0.05, 0) is 36.4 Å². The van der Waals surface area contributed by atoms with Crippen LogP contribution in [-0.4, -0.2) is 14.7 Å². The molecule has 0 spiro atoms. The summed E-state index contributed by atoms with van der Waals surface area (Å²) in [4.78, 5) is 4.44. The lowest BCUT2D eigenvalue weighted by molar-refractivity contribution is 0.476. The largest absolute Gasteiger partial charge is 0.507 e. The van der Waals surface area contributed by atoms with Gasteiger partial charge in [-0.15, -0.1) is 0 Å². The third-order valence-corrected chi connectivity index (χ3v) is 3.54. The Morgan fingerprint density at radius 3 is 2.79 bits per heavy atom. The fraction of sp³-hybridized carbons (Fsp3) is 0.0714. The molecule has 3 rings (SSSR count). The Balaban J connectivity index is 2.31. The average molecular weight is 321 g/mol. The van der Waals surface area contributed by atoms with Crippen LogP contribution >= 0.6 is 15.9 Å². The van der Waals surface area contributed by atoms with Crippen LogP contribution in [0.25, 0.3) is 22.4 Å². The molecule has 0 aliphatic carbocycles. The molecule has 1 N–H and O–H groups in total. The van der Waals surface area contributed by atoms with Crippen LogP contribution in [0.1, 0.15) is 0 Å². The number of imidazole rings is 1. The highest BCUT2D eigenvalue weighted by atomic mass is 79.9. The SMILES string of the molecule is Cn1c(-c2cc(Br)ccc2O)nc2ccc(F)cc21. The second-order valence-corrected chi connectivity index (χ2v) is 5.20. The number of phenolic OH excluding ortho intramolecular Hbond substituents is 1. The maximum atomic E-state index is 13.3. The fourth-order valence-electron chi connectivity index (χ4n) is 2.09. The first-order valence-corrected chi connectivity index (χ1v) is 6.46. The topological polar surface area (TPSA) is 38.0 Å². The summed E-state index contributed by atoms with van der Waals surface area (Å²) in [5.41, 5.74) is 1.99. The van der Waals surface area contributed by atoms with Crippen molar-refractivity contribution in [3.8, 4) is 17.1 Å². The van der Waals surface area contributed by atoms with E-state index in [1.54, 1.807) is 35.9 Å². The summed E-state index contributed by atoms with van der Waals surface area (Å²) in [5, 5.41) is 9.94. The summed E-state index contributed by atoms with van der Waals surface area (Å²) in [6.45, 7) is 0. The Bertz CT molecular complexity index is 782. The second-order valence-electron chi connectivity index (χ2n) is 4.29. The highest BCUT2D eigenvalue weighted by Crippen LogP contribution is 2.32. The molecule has 19 heavy (non-hydrogen) atoms. The van der Waals surface area contributed by atoms with E-state index in [4.69, 9.17) is 0 Å². The van der Waals surface area contributed by atoms with Crippen molar-refractivity contribution in [2.24, 2.45) is 7.05 Å². The Morgan fingerprint density at radius 2 is 2.00 bits per heavy atom. The van der Waals surface area contributed by atoms with Crippen LogP contribution in [-0.2, 0) is 7.05 Å². The first-order chi connectivity index (χ1) is 9.06. The van der Waals surface area contributed by atoms with Gasteiger partial charge in [-0.2, -0.15) is 0 Å². The molecule has 0 aliphatic rings. The number of halogens is 2. The van der Waals surface area contributed by atoms with Crippen molar-refractivity contribution in [1.82, 2.24) is 9.55 Å². The molecule has 0 unspecified atom stereocenters. The number of hydrogen-bond donors (Lipinski definition) is 1. The number of fused-ring (bicyclic) bond motifs is 1. The molecule has 0 saturated carbocycles. The molecule has 5 heteroatoms. The monoisotopic (exact) mass is 320 g/mol. The number of rotatable bonds is 1. The maximum absolute atomic E-state index is 13.3. The van der Waals surface area contributed by atoms with Gasteiger partial charge in [-0.3, -0.25) is 0 Å². The number of hydrogen-bond acceptors (Lipinski definition) is 2. The molecule has 0 atom stereocenters. The van der Waals surface area contributed by atoms with Crippen molar-refractivity contribution in [3.05, 3.63) is 46.7 Å². The van der Waals surface area contributed by atoms with E-state index in [9.17, 15) is 9.50 Å². The van der Waals surface area contributed by atoms with Crippen molar-refractivity contribution in [2.45, 2.75) is 0 Å². The maximum Gasteiger partial charge on any atom is 0.144 e. The van der Waals surface area contributed by atoms with Crippen LogP contribution < -0.4 is 0 Å². The normalized spacial score (nSPS) is 11.1. The summed E-state index contributed by atoms with van der Waals surface area (Å²) < 4.78 is 15.9. The first kappa shape index (κ1) is 12.2. The Hall–Kier alpha value is -1.88. The van der Waals surface area contributed by atoms with E-state index in [1.165, 1.54) is 12.1 Å². The van der Waals surface area contributed by atoms with Gasteiger partial charge in [0.2, 0.25) is 0 Å². The van der Waals surface area contributed by atoms with E-state index in [0.29, 0.717) is 22.4 Å². The second kappa shape index (κ2) is 4.35. The molecule has 0 bridgehead atoms. The van der Waals surface area contributed by atoms with Crippen LogP contribution in [0, 0.1) is 5.82 Å². The highest BCUT2D eigenvalue weighted by Gasteiger charge is 2.14. The minimum atomic E-state index is -0.305. The predicted molar refractivity (Wildman–Crippen MR) is 75.5 cm³/mol. The highest BCUT2D eigenvalue weighted by molar-refractivity contribution is 9.10. The summed E-state index contributed by atoms with van der Waals surface area (Å²) in [6, 6.07) is 9.57. The number of aryl methyl sites for hydroxylation is 1. The van der Waals surface area contributed by atoms with Crippen LogP contribution in [0.4, 0.5) is 4.39 Å². The Morgan fingerprint density at radius 1 is 1.21 bits per heavy atom. The van der Waals surface area contributed by atoms with Crippen molar-refractivity contribution in [3.63, 3.8) is 0 Å². The standard InChI is InChI=1S/C14H10BrFN2O/c1-18-12-7-9(16)3-4-11(12)17-14(18)10-6-8(15)2-5-13(10)19/h2-7,19H,1H3. The van der Waals surface area contributed by atoms with E-state index < -0.39 is 0 Å². The number of nitrogens with zero attached hydrogens (tertiary/aromatic N) is 2. The zero-order valence-electron chi connectivity index (χ0n) is 10.1. The average Bonchev–Trinajstić information content (AvgIpc) is 2.70. The fourth-order valence-corrected chi connectivity index (χ4v) is 2.45. The van der Waals surface area contributed by atoms with Gasteiger partial charge in [0, 0.05) is 11.5 Å². The smallest absolute Gasteiger partial charge is 0.144 e. The summed E-state index contributed by atoms with van der Waals surface area (Å²) in [5.74, 6) is 0.432. The first-order valence-electron chi connectivity index (χ1n) is 5.67. The van der Waals surface area contributed by atoms with E-state index in [1.807, 2.05) is 0 Å². The van der Waals surface area contributed by atoms with E-state index in [2.05, 4.69) is 20.9 Å². The zero-order chi connectivity index (χ0) is 13.6. The lowest BCUT2D eigenvalue weighted by atomic mass is 10.2. The summed E-state index contributed by atoms with van der Waals surface area (Å²) in [7, 11) is 1.80. The molecule has 0 aliphatic heterocycles. The number of aromatic nitrogens is 2. The van der Waals surface area contributed by atoms with Crippen LogP contribution in [0.3, 0.4) is 0 Å². The molecule has 1 aromatic heterocycles. The zero-order valence-corrected chi connectivity index (χ0v) is 11.6. The molecule has 3 aromatic rings. The van der Waals surface area contributed by atoms with E-state index in [-0.39, 0.29) is 11.6 Å². The number of benzene rings is 2. The predicted octanol–water partition coefficient (Wildman–Crippen LogP) is 3.85. The van der Waals surface area contributed by atoms with Crippen molar-refractivity contribution >= 4 is 27.0 Å². The molecule has 1 heterocycles. The van der Waals surface area contributed by atoms with Gasteiger partial charge in [0.25, 0.3) is 0 Å². The van der Waals surface area contributed by atoms with Gasteiger partial charge < -0.3 is 9.67 Å². The molecular weight excluding hydrogens is 311 g/mol. The molecule has 0 saturated heterocycles. The Kier molecular flexibility index (Phi) is 2.78. The van der Waals surface area contributed by atoms with E-state index >= 15 is 0 Å². The molecule has 0 radical (unpaired) electrons. The van der Waals surface area contributed by atoms with Crippen molar-refractivity contribution in [2.75, 3.05) is 0 Å². The van der Waals surface area contributed by atoms with E-state index in [0.717, 1.165) is 4.47 Å². The minimum absolute atomic E-state index is 0.141. The number of phenols is 1. The quantitative estimate of drug-likeness (QED) is 0.739. The molecule has 0 amide bonds. The molecule has 3 nitrogen and oxygen atoms in total. The molecule has 96 valence electrons. The van der Waals surface area contributed by atoms with Crippen LogP contribution in [0.5, 0.6) is 5.75 Å².